The largest absolute Gasteiger partial charge is 0.493 e. The molecule has 9 nitrogen and oxygen atoms in total. The van der Waals surface area contributed by atoms with Crippen LogP contribution in [0.1, 0.15) is 31.2 Å². The van der Waals surface area contributed by atoms with Crippen molar-refractivity contribution < 1.29 is 23.9 Å². The summed E-state index contributed by atoms with van der Waals surface area (Å²) in [5, 5.41) is 18.4. The van der Waals surface area contributed by atoms with Gasteiger partial charge in [0.25, 0.3) is 11.8 Å². The van der Waals surface area contributed by atoms with E-state index in [1.165, 1.54) is 26.0 Å². The van der Waals surface area contributed by atoms with Crippen LogP contribution < -0.4 is 25.4 Å². The van der Waals surface area contributed by atoms with Crippen molar-refractivity contribution >= 4 is 57.2 Å². The lowest BCUT2D eigenvalue weighted by atomic mass is 10.1. The van der Waals surface area contributed by atoms with Gasteiger partial charge in [-0.25, -0.2) is 0 Å². The number of hydrogen-bond donors (Lipinski definition) is 3. The lowest BCUT2D eigenvalue weighted by Gasteiger charge is -2.11. The van der Waals surface area contributed by atoms with E-state index in [0.29, 0.717) is 43.9 Å². The van der Waals surface area contributed by atoms with Crippen LogP contribution in [0.25, 0.3) is 0 Å². The van der Waals surface area contributed by atoms with E-state index in [9.17, 15) is 19.6 Å². The molecular weight excluding hydrogens is 560 g/mol. The van der Waals surface area contributed by atoms with Gasteiger partial charge in [-0.15, -0.1) is 23.1 Å². The van der Waals surface area contributed by atoms with Crippen LogP contribution in [0.4, 0.5) is 16.4 Å². The maximum atomic E-state index is 12.8. The maximum Gasteiger partial charge on any atom is 0.266 e. The minimum atomic E-state index is -0.350. The van der Waals surface area contributed by atoms with Crippen LogP contribution in [0.5, 0.6) is 11.5 Å². The van der Waals surface area contributed by atoms with Crippen molar-refractivity contribution in [2.45, 2.75) is 11.8 Å². The predicted octanol–water partition coefficient (Wildman–Crippen LogP) is 6.18. The molecule has 41 heavy (non-hydrogen) atoms. The topological polar surface area (TPSA) is 130 Å². The Kier molecular flexibility index (Phi) is 9.63. The number of nitrogens with zero attached hydrogens (tertiary/aromatic N) is 1. The highest BCUT2D eigenvalue weighted by molar-refractivity contribution is 8.00. The molecule has 0 saturated carbocycles. The smallest absolute Gasteiger partial charge is 0.266 e. The van der Waals surface area contributed by atoms with Gasteiger partial charge in [-0.3, -0.25) is 14.4 Å². The molecule has 0 fully saturated rings. The maximum absolute atomic E-state index is 12.8. The highest BCUT2D eigenvalue weighted by Crippen LogP contribution is 2.34. The molecule has 4 rings (SSSR count). The summed E-state index contributed by atoms with van der Waals surface area (Å²) in [5.41, 5.74) is 2.35. The lowest BCUT2D eigenvalue weighted by molar-refractivity contribution is -0.113. The Balaban J connectivity index is 1.38. The summed E-state index contributed by atoms with van der Waals surface area (Å²) in [7, 11) is 3.02. The average molecular weight is 587 g/mol. The zero-order chi connectivity index (χ0) is 29.4. The fourth-order valence-electron chi connectivity index (χ4n) is 3.82. The van der Waals surface area contributed by atoms with Gasteiger partial charge in [-0.05, 0) is 61.0 Å². The third kappa shape index (κ3) is 7.25. The van der Waals surface area contributed by atoms with Gasteiger partial charge in [0.15, 0.2) is 11.5 Å². The molecule has 0 aliphatic rings. The molecule has 1 heterocycles. The van der Waals surface area contributed by atoms with Crippen LogP contribution >= 0.6 is 23.1 Å². The number of thiophene rings is 1. The molecule has 3 N–H and O–H groups in total. The first kappa shape index (κ1) is 29.2. The molecule has 3 amide bonds. The molecule has 3 aromatic carbocycles. The van der Waals surface area contributed by atoms with Crippen LogP contribution in [-0.2, 0) is 4.79 Å². The molecule has 0 bridgehead atoms. The Labute approximate surface area is 245 Å². The lowest BCUT2D eigenvalue weighted by Crippen LogP contribution is -2.14. The standard InChI is InChI=1S/C30H26N4O5S2/c1-18-23(16-31)30(41-27(18)29(37)32-20-8-5-4-6-9-20)34-26(35)17-40-22-11-7-10-21(15-22)33-28(36)19-12-13-24(38-2)25(14-19)39-3/h4-15H,17H2,1-3H3,(H,32,37)(H,33,36)(H,34,35). The van der Waals surface area contributed by atoms with Crippen molar-refractivity contribution in [1.29, 1.82) is 5.26 Å². The molecule has 0 aliphatic heterocycles. The number of amides is 3. The van der Waals surface area contributed by atoms with Crippen LogP contribution in [-0.4, -0.2) is 37.7 Å². The number of anilines is 3. The Morgan fingerprint density at radius 2 is 1.56 bits per heavy atom. The third-order valence-electron chi connectivity index (χ3n) is 5.86. The van der Waals surface area contributed by atoms with Crippen LogP contribution in [0, 0.1) is 18.3 Å². The van der Waals surface area contributed by atoms with Gasteiger partial charge in [0.2, 0.25) is 5.91 Å². The summed E-state index contributed by atoms with van der Waals surface area (Å²) < 4.78 is 10.5. The van der Waals surface area contributed by atoms with E-state index < -0.39 is 0 Å². The molecule has 208 valence electrons. The molecule has 0 unspecified atom stereocenters. The first-order valence-corrected chi connectivity index (χ1v) is 14.1. The Bertz CT molecular complexity index is 1630. The SMILES string of the molecule is COc1ccc(C(=O)Nc2cccc(SCC(=O)Nc3sc(C(=O)Nc4ccccc4)c(C)c3C#N)c2)cc1OC. The number of nitrogens with one attached hydrogen (secondary N) is 3. The second-order valence-corrected chi connectivity index (χ2v) is 10.7. The normalized spacial score (nSPS) is 10.3. The summed E-state index contributed by atoms with van der Waals surface area (Å²) in [4.78, 5) is 39.5. The van der Waals surface area contributed by atoms with Crippen molar-refractivity contribution in [3.05, 3.63) is 94.4 Å². The summed E-state index contributed by atoms with van der Waals surface area (Å²) in [6.07, 6.45) is 0. The van der Waals surface area contributed by atoms with E-state index in [-0.39, 0.29) is 29.0 Å². The molecule has 0 spiro atoms. The Morgan fingerprint density at radius 1 is 0.854 bits per heavy atom. The Hall–Kier alpha value is -4.79. The molecule has 4 aromatic rings. The van der Waals surface area contributed by atoms with Gasteiger partial charge in [0, 0.05) is 21.8 Å². The van der Waals surface area contributed by atoms with Gasteiger partial charge >= 0.3 is 0 Å². The van der Waals surface area contributed by atoms with Crippen molar-refractivity contribution in [2.75, 3.05) is 35.9 Å². The number of ether oxygens (including phenoxy) is 2. The van der Waals surface area contributed by atoms with Gasteiger partial charge in [0.1, 0.15) is 11.1 Å². The fourth-order valence-corrected chi connectivity index (χ4v) is 5.64. The number of rotatable bonds is 10. The van der Waals surface area contributed by atoms with Crippen LogP contribution in [0.2, 0.25) is 0 Å². The first-order valence-electron chi connectivity index (χ1n) is 12.3. The number of nitriles is 1. The number of para-hydroxylation sites is 1. The number of hydrogen-bond acceptors (Lipinski definition) is 8. The van der Waals surface area contributed by atoms with Gasteiger partial charge in [-0.2, -0.15) is 5.26 Å². The molecular formula is C30H26N4O5S2. The number of methoxy groups -OCH3 is 2. The van der Waals surface area contributed by atoms with Crippen LogP contribution in [0.15, 0.2) is 77.7 Å². The minimum absolute atomic E-state index is 0.0560. The van der Waals surface area contributed by atoms with Crippen molar-refractivity contribution in [3.8, 4) is 17.6 Å². The molecule has 0 aliphatic carbocycles. The quantitative estimate of drug-likeness (QED) is 0.189. The summed E-state index contributed by atoms with van der Waals surface area (Å²) >= 11 is 2.33. The van der Waals surface area contributed by atoms with E-state index in [4.69, 9.17) is 9.47 Å². The first-order chi connectivity index (χ1) is 19.8. The zero-order valence-corrected chi connectivity index (χ0v) is 24.1. The van der Waals surface area contributed by atoms with Crippen molar-refractivity contribution in [2.24, 2.45) is 0 Å². The zero-order valence-electron chi connectivity index (χ0n) is 22.4. The minimum Gasteiger partial charge on any atom is -0.493 e. The van der Waals surface area contributed by atoms with Crippen molar-refractivity contribution in [3.63, 3.8) is 0 Å². The highest BCUT2D eigenvalue weighted by atomic mass is 32.2. The van der Waals surface area contributed by atoms with E-state index >= 15 is 0 Å². The van der Waals surface area contributed by atoms with Crippen LogP contribution in [0.3, 0.4) is 0 Å². The van der Waals surface area contributed by atoms with Gasteiger partial charge < -0.3 is 25.4 Å². The van der Waals surface area contributed by atoms with Crippen molar-refractivity contribution in [1.82, 2.24) is 0 Å². The fraction of sp³-hybridized carbons (Fsp3) is 0.133. The van der Waals surface area contributed by atoms with E-state index in [1.54, 1.807) is 55.5 Å². The molecule has 0 atom stereocenters. The Morgan fingerprint density at radius 3 is 2.27 bits per heavy atom. The predicted molar refractivity (Wildman–Crippen MR) is 161 cm³/mol. The summed E-state index contributed by atoms with van der Waals surface area (Å²) in [5.74, 6) is 0.0157. The highest BCUT2D eigenvalue weighted by Gasteiger charge is 2.21. The summed E-state index contributed by atoms with van der Waals surface area (Å²) in [6.45, 7) is 1.68. The third-order valence-corrected chi connectivity index (χ3v) is 8.06. The monoisotopic (exact) mass is 586 g/mol. The second-order valence-electron chi connectivity index (χ2n) is 8.58. The second kappa shape index (κ2) is 13.5. The van der Waals surface area contributed by atoms with E-state index in [2.05, 4.69) is 22.0 Å². The number of benzene rings is 3. The molecule has 11 heteroatoms. The van der Waals surface area contributed by atoms with Gasteiger partial charge in [-0.1, -0.05) is 24.3 Å². The van der Waals surface area contributed by atoms with E-state index in [1.807, 2.05) is 24.3 Å². The number of carbonyl (C=O) groups excluding carboxylic acids is 3. The molecule has 1 aromatic heterocycles. The summed E-state index contributed by atoms with van der Waals surface area (Å²) in [6, 6.07) is 23.1. The number of carbonyl (C=O) groups is 3. The van der Waals surface area contributed by atoms with Gasteiger partial charge in [0.05, 0.1) is 30.4 Å². The average Bonchev–Trinajstić information content (AvgIpc) is 3.30. The number of thioether (sulfide) groups is 1. The van der Waals surface area contributed by atoms with E-state index in [0.717, 1.165) is 16.2 Å². The molecule has 0 saturated heterocycles. The molecule has 0 radical (unpaired) electrons.